The molecular formula is C24H23F2NO4S. The van der Waals surface area contributed by atoms with E-state index in [-0.39, 0.29) is 28.8 Å². The molecule has 0 radical (unpaired) electrons. The third-order valence-electron chi connectivity index (χ3n) is 5.05. The van der Waals surface area contributed by atoms with Gasteiger partial charge in [0, 0.05) is 12.6 Å². The van der Waals surface area contributed by atoms with Crippen molar-refractivity contribution in [3.8, 4) is 5.75 Å². The van der Waals surface area contributed by atoms with Crippen LogP contribution in [0, 0.1) is 11.6 Å². The summed E-state index contributed by atoms with van der Waals surface area (Å²) < 4.78 is 57.4. The van der Waals surface area contributed by atoms with E-state index in [2.05, 4.69) is 0 Å². The van der Waals surface area contributed by atoms with Crippen molar-refractivity contribution in [2.24, 2.45) is 0 Å². The maximum atomic E-state index is 14.2. The molecular weight excluding hydrogens is 436 g/mol. The third kappa shape index (κ3) is 5.50. The molecule has 0 aliphatic rings. The Bertz CT molecular complexity index is 1200. The van der Waals surface area contributed by atoms with Crippen molar-refractivity contribution in [3.05, 3.63) is 95.6 Å². The summed E-state index contributed by atoms with van der Waals surface area (Å²) in [4.78, 5) is 14.4. The molecule has 0 heterocycles. The van der Waals surface area contributed by atoms with Gasteiger partial charge in [-0.05, 0) is 67.4 Å². The van der Waals surface area contributed by atoms with Crippen LogP contribution < -0.4 is 4.18 Å². The van der Waals surface area contributed by atoms with Gasteiger partial charge in [-0.25, -0.2) is 8.78 Å². The van der Waals surface area contributed by atoms with Gasteiger partial charge in [0.1, 0.15) is 22.3 Å². The van der Waals surface area contributed by atoms with Gasteiger partial charge in [-0.3, -0.25) is 4.79 Å². The van der Waals surface area contributed by atoms with Crippen LogP contribution in [0.4, 0.5) is 8.78 Å². The fourth-order valence-electron chi connectivity index (χ4n) is 3.11. The molecule has 0 saturated heterocycles. The fraction of sp³-hybridized carbons (Fsp3) is 0.208. The quantitative estimate of drug-likeness (QED) is 0.436. The average molecular weight is 460 g/mol. The second kappa shape index (κ2) is 9.91. The Morgan fingerprint density at radius 3 is 2.34 bits per heavy atom. The van der Waals surface area contributed by atoms with Gasteiger partial charge in [-0.15, -0.1) is 0 Å². The lowest BCUT2D eigenvalue weighted by molar-refractivity contribution is 0.0666. The minimum absolute atomic E-state index is 0.0286. The molecule has 3 aromatic carbocycles. The van der Waals surface area contributed by atoms with Crippen molar-refractivity contribution < 1.29 is 26.2 Å². The van der Waals surface area contributed by atoms with E-state index in [4.69, 9.17) is 4.18 Å². The normalized spacial score (nSPS) is 12.2. The first kappa shape index (κ1) is 23.4. The van der Waals surface area contributed by atoms with Crippen molar-refractivity contribution in [2.45, 2.75) is 37.8 Å². The largest absolute Gasteiger partial charge is 0.379 e. The standard InChI is InChI=1S/C24H23F2NO4S/c1-3-17(2)27(24(28)22-9-4-5-10-23(22)26)16-18-7-6-8-20(15-18)31-32(29,30)21-13-11-19(25)12-14-21/h4-15,17H,3,16H2,1-2H3/t17-/m1/s1. The van der Waals surface area contributed by atoms with Gasteiger partial charge in [-0.1, -0.05) is 31.2 Å². The van der Waals surface area contributed by atoms with E-state index in [9.17, 15) is 22.0 Å². The third-order valence-corrected chi connectivity index (χ3v) is 6.31. The molecule has 8 heteroatoms. The molecule has 0 aromatic heterocycles. The van der Waals surface area contributed by atoms with Crippen LogP contribution in [-0.2, 0) is 16.7 Å². The first-order valence-corrected chi connectivity index (χ1v) is 11.5. The smallest absolute Gasteiger partial charge is 0.339 e. The van der Waals surface area contributed by atoms with Crippen LogP contribution in [0.1, 0.15) is 36.2 Å². The number of amides is 1. The van der Waals surface area contributed by atoms with Crippen molar-refractivity contribution in [3.63, 3.8) is 0 Å². The van der Waals surface area contributed by atoms with E-state index >= 15 is 0 Å². The molecule has 0 unspecified atom stereocenters. The molecule has 0 aliphatic heterocycles. The Labute approximate surface area is 186 Å². The lowest BCUT2D eigenvalue weighted by Crippen LogP contribution is -2.38. The predicted molar refractivity (Wildman–Crippen MR) is 117 cm³/mol. The zero-order chi connectivity index (χ0) is 23.3. The lowest BCUT2D eigenvalue weighted by Gasteiger charge is -2.29. The van der Waals surface area contributed by atoms with E-state index in [0.717, 1.165) is 24.3 Å². The summed E-state index contributed by atoms with van der Waals surface area (Å²) in [5.74, 6) is -1.57. The molecule has 5 nitrogen and oxygen atoms in total. The highest BCUT2D eigenvalue weighted by Crippen LogP contribution is 2.23. The summed E-state index contributed by atoms with van der Waals surface area (Å²) in [6.07, 6.45) is 0.648. The Hall–Kier alpha value is -3.26. The highest BCUT2D eigenvalue weighted by Gasteiger charge is 2.24. The molecule has 0 N–H and O–H groups in total. The van der Waals surface area contributed by atoms with Gasteiger partial charge in [-0.2, -0.15) is 8.42 Å². The van der Waals surface area contributed by atoms with Crippen LogP contribution in [0.25, 0.3) is 0 Å². The second-order valence-corrected chi connectivity index (χ2v) is 8.86. The molecule has 32 heavy (non-hydrogen) atoms. The van der Waals surface area contributed by atoms with Gasteiger partial charge < -0.3 is 9.08 Å². The van der Waals surface area contributed by atoms with Crippen molar-refractivity contribution in [2.75, 3.05) is 0 Å². The number of carbonyl (C=O) groups excluding carboxylic acids is 1. The molecule has 0 aliphatic carbocycles. The number of nitrogens with zero attached hydrogens (tertiary/aromatic N) is 1. The minimum atomic E-state index is -4.16. The lowest BCUT2D eigenvalue weighted by atomic mass is 10.1. The minimum Gasteiger partial charge on any atom is -0.379 e. The monoisotopic (exact) mass is 459 g/mol. The van der Waals surface area contributed by atoms with Crippen LogP contribution in [-0.4, -0.2) is 25.3 Å². The van der Waals surface area contributed by atoms with E-state index < -0.39 is 27.7 Å². The molecule has 1 amide bonds. The molecule has 3 aromatic rings. The summed E-state index contributed by atoms with van der Waals surface area (Å²) >= 11 is 0. The molecule has 0 fully saturated rings. The Balaban J connectivity index is 1.84. The van der Waals surface area contributed by atoms with E-state index in [0.29, 0.717) is 12.0 Å². The van der Waals surface area contributed by atoms with Crippen molar-refractivity contribution in [1.29, 1.82) is 0 Å². The highest BCUT2D eigenvalue weighted by atomic mass is 32.2. The number of carbonyl (C=O) groups is 1. The number of rotatable bonds is 8. The first-order chi connectivity index (χ1) is 15.2. The maximum absolute atomic E-state index is 14.2. The molecule has 168 valence electrons. The summed E-state index contributed by atoms with van der Waals surface area (Å²) in [5.41, 5.74) is 0.584. The maximum Gasteiger partial charge on any atom is 0.339 e. The van der Waals surface area contributed by atoms with Crippen LogP contribution in [0.2, 0.25) is 0 Å². The summed E-state index contributed by atoms with van der Waals surface area (Å²) in [6, 6.07) is 16.2. The number of hydrogen-bond acceptors (Lipinski definition) is 4. The van der Waals surface area contributed by atoms with E-state index in [1.807, 2.05) is 13.8 Å². The first-order valence-electron chi connectivity index (χ1n) is 10.1. The number of halogens is 2. The van der Waals surface area contributed by atoms with Crippen LogP contribution >= 0.6 is 0 Å². The van der Waals surface area contributed by atoms with E-state index in [1.165, 1.54) is 35.2 Å². The van der Waals surface area contributed by atoms with Gasteiger partial charge in [0.25, 0.3) is 5.91 Å². The van der Waals surface area contributed by atoms with Gasteiger partial charge in [0.15, 0.2) is 0 Å². The Morgan fingerprint density at radius 2 is 1.69 bits per heavy atom. The molecule has 3 rings (SSSR count). The van der Waals surface area contributed by atoms with Crippen LogP contribution in [0.3, 0.4) is 0 Å². The van der Waals surface area contributed by atoms with Crippen LogP contribution in [0.15, 0.2) is 77.7 Å². The summed E-state index contributed by atoms with van der Waals surface area (Å²) in [6.45, 7) is 3.91. The predicted octanol–water partition coefficient (Wildman–Crippen LogP) is 5.17. The fourth-order valence-corrected chi connectivity index (χ4v) is 4.03. The Kier molecular flexibility index (Phi) is 7.25. The molecule has 0 bridgehead atoms. The van der Waals surface area contributed by atoms with E-state index in [1.54, 1.807) is 18.2 Å². The van der Waals surface area contributed by atoms with Gasteiger partial charge in [0.2, 0.25) is 0 Å². The zero-order valence-corrected chi connectivity index (χ0v) is 18.5. The van der Waals surface area contributed by atoms with Gasteiger partial charge >= 0.3 is 10.1 Å². The van der Waals surface area contributed by atoms with Gasteiger partial charge in [0.05, 0.1) is 5.56 Å². The SMILES string of the molecule is CC[C@@H](C)N(Cc1cccc(OS(=O)(=O)c2ccc(F)cc2)c1)C(=O)c1ccccc1F. The second-order valence-electron chi connectivity index (χ2n) is 7.31. The van der Waals surface area contributed by atoms with Crippen molar-refractivity contribution >= 4 is 16.0 Å². The topological polar surface area (TPSA) is 63.7 Å². The average Bonchev–Trinajstić information content (AvgIpc) is 2.77. The van der Waals surface area contributed by atoms with Crippen LogP contribution in [0.5, 0.6) is 5.75 Å². The highest BCUT2D eigenvalue weighted by molar-refractivity contribution is 7.87. The summed E-state index contributed by atoms with van der Waals surface area (Å²) in [5, 5.41) is 0. The van der Waals surface area contributed by atoms with Crippen molar-refractivity contribution in [1.82, 2.24) is 4.90 Å². The molecule has 0 saturated carbocycles. The molecule has 0 spiro atoms. The Morgan fingerprint density at radius 1 is 1.00 bits per heavy atom. The number of benzene rings is 3. The number of hydrogen-bond donors (Lipinski definition) is 0. The zero-order valence-electron chi connectivity index (χ0n) is 17.7. The summed E-state index contributed by atoms with van der Waals surface area (Å²) in [7, 11) is -4.16. The molecule has 1 atom stereocenters.